The predicted octanol–water partition coefficient (Wildman–Crippen LogP) is 4.07. The van der Waals surface area contributed by atoms with E-state index in [1.165, 1.54) is 5.56 Å². The summed E-state index contributed by atoms with van der Waals surface area (Å²) in [7, 11) is 5.51. The summed E-state index contributed by atoms with van der Waals surface area (Å²) in [4.78, 5) is 18.9. The molecule has 4 rings (SSSR count). The minimum atomic E-state index is -0.214. The lowest BCUT2D eigenvalue weighted by atomic mass is 9.65. The fourth-order valence-corrected chi connectivity index (χ4v) is 5.31. The van der Waals surface area contributed by atoms with E-state index in [-0.39, 0.29) is 17.5 Å². The maximum atomic E-state index is 12.5. The number of aromatic nitrogens is 1. The van der Waals surface area contributed by atoms with Gasteiger partial charge in [-0.1, -0.05) is 17.7 Å². The number of nitrogens with one attached hydrogen (secondary N) is 2. The van der Waals surface area contributed by atoms with Crippen LogP contribution in [0, 0.1) is 0 Å². The van der Waals surface area contributed by atoms with Gasteiger partial charge >= 0.3 is 6.03 Å². The first-order valence-electron chi connectivity index (χ1n) is 10.6. The summed E-state index contributed by atoms with van der Waals surface area (Å²) in [6, 6.07) is 9.93. The predicted molar refractivity (Wildman–Crippen MR) is 121 cm³/mol. The van der Waals surface area contributed by atoms with E-state index < -0.39 is 0 Å². The minimum absolute atomic E-state index is 0.0586. The van der Waals surface area contributed by atoms with Gasteiger partial charge in [-0.15, -0.1) is 0 Å². The Balaban J connectivity index is 1.47. The van der Waals surface area contributed by atoms with Crippen molar-refractivity contribution >= 4 is 23.3 Å². The van der Waals surface area contributed by atoms with Crippen molar-refractivity contribution < 1.29 is 14.3 Å². The van der Waals surface area contributed by atoms with Gasteiger partial charge in [-0.25, -0.2) is 9.78 Å². The summed E-state index contributed by atoms with van der Waals surface area (Å²) >= 11 is 5.81. The molecule has 1 saturated heterocycles. The summed E-state index contributed by atoms with van der Waals surface area (Å²) in [5.74, 6) is 1.51. The largest absolute Gasteiger partial charge is 0.493 e. The van der Waals surface area contributed by atoms with Crippen LogP contribution in [-0.4, -0.2) is 55.8 Å². The summed E-state index contributed by atoms with van der Waals surface area (Å²) in [5, 5.41) is 6.38. The Kier molecular flexibility index (Phi) is 6.25. The fourth-order valence-electron chi connectivity index (χ4n) is 5.20. The van der Waals surface area contributed by atoms with Crippen molar-refractivity contribution in [3.8, 4) is 11.5 Å². The first kappa shape index (κ1) is 21.7. The van der Waals surface area contributed by atoms with E-state index in [0.717, 1.165) is 43.7 Å². The average molecular weight is 445 g/mol. The number of anilines is 1. The molecule has 3 atom stereocenters. The number of amides is 2. The topological polar surface area (TPSA) is 75.7 Å². The average Bonchev–Trinajstić information content (AvgIpc) is 3.12. The molecule has 3 unspecified atom stereocenters. The van der Waals surface area contributed by atoms with Gasteiger partial charge in [0.15, 0.2) is 11.5 Å². The highest BCUT2D eigenvalue weighted by Crippen LogP contribution is 2.49. The van der Waals surface area contributed by atoms with Crippen LogP contribution in [0.15, 0.2) is 36.5 Å². The van der Waals surface area contributed by atoms with Crippen LogP contribution in [0.5, 0.6) is 11.5 Å². The van der Waals surface area contributed by atoms with Crippen LogP contribution in [0.2, 0.25) is 5.15 Å². The van der Waals surface area contributed by atoms with Gasteiger partial charge in [-0.2, -0.15) is 0 Å². The Morgan fingerprint density at radius 3 is 2.71 bits per heavy atom. The molecule has 1 aliphatic carbocycles. The number of methoxy groups -OCH3 is 2. The first-order chi connectivity index (χ1) is 14.9. The molecule has 0 bridgehead atoms. The van der Waals surface area contributed by atoms with Crippen LogP contribution in [0.4, 0.5) is 10.5 Å². The van der Waals surface area contributed by atoms with Crippen LogP contribution in [0.3, 0.4) is 0 Å². The second kappa shape index (κ2) is 8.93. The fraction of sp³-hybridized carbons (Fsp3) is 0.478. The molecule has 1 aromatic carbocycles. The third-order valence-electron chi connectivity index (χ3n) is 6.81. The Bertz CT molecular complexity index is 939. The Hall–Kier alpha value is -2.51. The number of nitrogens with zero attached hydrogens (tertiary/aromatic N) is 2. The maximum absolute atomic E-state index is 12.5. The van der Waals surface area contributed by atoms with E-state index in [1.807, 2.05) is 6.07 Å². The van der Waals surface area contributed by atoms with E-state index in [0.29, 0.717) is 16.9 Å². The van der Waals surface area contributed by atoms with Crippen molar-refractivity contribution in [2.24, 2.45) is 0 Å². The third-order valence-corrected chi connectivity index (χ3v) is 7.03. The van der Waals surface area contributed by atoms with Crippen LogP contribution in [0.25, 0.3) is 0 Å². The molecule has 2 amide bonds. The molecule has 7 nitrogen and oxygen atoms in total. The molecule has 2 aliphatic rings. The van der Waals surface area contributed by atoms with Crippen LogP contribution < -0.4 is 20.1 Å². The van der Waals surface area contributed by atoms with Gasteiger partial charge in [0.1, 0.15) is 5.15 Å². The summed E-state index contributed by atoms with van der Waals surface area (Å²) < 4.78 is 11.0. The second-order valence-electron chi connectivity index (χ2n) is 8.41. The van der Waals surface area contributed by atoms with Gasteiger partial charge in [0.25, 0.3) is 0 Å². The number of likely N-dealkylation sites (tertiary alicyclic amines) is 1. The number of pyridine rings is 1. The number of fused-ring (bicyclic) bond motifs is 1. The van der Waals surface area contributed by atoms with Gasteiger partial charge in [0, 0.05) is 17.5 Å². The van der Waals surface area contributed by atoms with Gasteiger partial charge < -0.3 is 25.0 Å². The van der Waals surface area contributed by atoms with E-state index in [9.17, 15) is 4.79 Å². The van der Waals surface area contributed by atoms with E-state index >= 15 is 0 Å². The molecule has 2 aromatic rings. The third kappa shape index (κ3) is 4.29. The molecule has 1 aliphatic heterocycles. The number of likely N-dealkylation sites (N-methyl/N-ethyl adjacent to an activating group) is 1. The SMILES string of the molecule is COc1ccc(C23CCC(NC(=O)Nc4ccc(Cl)nc4)CC2N(C)CC3)cc1OC. The Labute approximate surface area is 188 Å². The minimum Gasteiger partial charge on any atom is -0.493 e. The molecule has 1 saturated carbocycles. The number of hydrogen-bond acceptors (Lipinski definition) is 5. The molecule has 166 valence electrons. The number of urea groups is 1. The summed E-state index contributed by atoms with van der Waals surface area (Å²) in [6.45, 7) is 1.04. The zero-order valence-corrected chi connectivity index (χ0v) is 18.9. The zero-order valence-electron chi connectivity index (χ0n) is 18.2. The smallest absolute Gasteiger partial charge is 0.319 e. The molecule has 2 heterocycles. The normalized spacial score (nSPS) is 25.5. The van der Waals surface area contributed by atoms with Crippen molar-refractivity contribution in [3.63, 3.8) is 0 Å². The molecule has 2 fully saturated rings. The number of carbonyl (C=O) groups excluding carboxylic acids is 1. The van der Waals surface area contributed by atoms with Crippen molar-refractivity contribution in [2.75, 3.05) is 33.1 Å². The molecule has 1 aromatic heterocycles. The van der Waals surface area contributed by atoms with Crippen molar-refractivity contribution in [1.29, 1.82) is 0 Å². The van der Waals surface area contributed by atoms with Crippen LogP contribution >= 0.6 is 11.6 Å². The lowest BCUT2D eigenvalue weighted by molar-refractivity contribution is 0.156. The highest BCUT2D eigenvalue weighted by atomic mass is 35.5. The molecule has 31 heavy (non-hydrogen) atoms. The number of carbonyl (C=O) groups is 1. The molecule has 0 radical (unpaired) electrons. The monoisotopic (exact) mass is 444 g/mol. The zero-order chi connectivity index (χ0) is 22.0. The van der Waals surface area contributed by atoms with Gasteiger partial charge in [-0.05, 0) is 69.1 Å². The van der Waals surface area contributed by atoms with Crippen molar-refractivity contribution in [3.05, 3.63) is 47.2 Å². The van der Waals surface area contributed by atoms with Gasteiger partial charge in [-0.3, -0.25) is 0 Å². The molecular formula is C23H29ClN4O3. The first-order valence-corrected chi connectivity index (χ1v) is 10.9. The van der Waals surface area contributed by atoms with Gasteiger partial charge in [0.2, 0.25) is 0 Å². The Morgan fingerprint density at radius 2 is 2.00 bits per heavy atom. The quantitative estimate of drug-likeness (QED) is 0.680. The van der Waals surface area contributed by atoms with Gasteiger partial charge in [0.05, 0.1) is 26.1 Å². The highest BCUT2D eigenvalue weighted by Gasteiger charge is 2.50. The van der Waals surface area contributed by atoms with E-state index in [1.54, 1.807) is 32.5 Å². The lowest BCUT2D eigenvalue weighted by Gasteiger charge is -2.45. The van der Waals surface area contributed by atoms with E-state index in [2.05, 4.69) is 39.7 Å². The molecule has 0 spiro atoms. The Morgan fingerprint density at radius 1 is 1.19 bits per heavy atom. The second-order valence-corrected chi connectivity index (χ2v) is 8.80. The lowest BCUT2D eigenvalue weighted by Crippen LogP contribution is -2.52. The number of benzene rings is 1. The van der Waals surface area contributed by atoms with Crippen molar-refractivity contribution in [1.82, 2.24) is 15.2 Å². The standard InChI is InChI=1S/C23H29ClN4O3/c1-28-11-10-23(15-4-6-18(30-2)19(12-15)31-3)9-8-16(13-20(23)28)26-22(29)27-17-5-7-21(24)25-14-17/h4-7,12,14,16,20H,8-11,13H2,1-3H3,(H2,26,27,29). The highest BCUT2D eigenvalue weighted by molar-refractivity contribution is 6.29. The molecule has 2 N–H and O–H groups in total. The number of ether oxygens (including phenoxy) is 2. The van der Waals surface area contributed by atoms with Crippen molar-refractivity contribution in [2.45, 2.75) is 43.2 Å². The molecular weight excluding hydrogens is 416 g/mol. The van der Waals surface area contributed by atoms with E-state index in [4.69, 9.17) is 21.1 Å². The molecule has 8 heteroatoms. The number of rotatable bonds is 5. The van der Waals surface area contributed by atoms with Crippen LogP contribution in [-0.2, 0) is 5.41 Å². The number of halogens is 1. The summed E-state index contributed by atoms with van der Waals surface area (Å²) in [6.07, 6.45) is 5.47. The maximum Gasteiger partial charge on any atom is 0.319 e. The summed E-state index contributed by atoms with van der Waals surface area (Å²) in [5.41, 5.74) is 1.97. The van der Waals surface area contributed by atoms with Crippen LogP contribution in [0.1, 0.15) is 31.2 Å². The number of hydrogen-bond donors (Lipinski definition) is 2.